The normalized spacial score (nSPS) is 20.5. The number of alkyl halides is 1. The Labute approximate surface area is 124 Å². The van der Waals surface area contributed by atoms with E-state index in [4.69, 9.17) is 0 Å². The van der Waals surface area contributed by atoms with Gasteiger partial charge < -0.3 is 4.90 Å². The minimum atomic E-state index is -3.10. The molecule has 1 unspecified atom stereocenters. The van der Waals surface area contributed by atoms with E-state index >= 15 is 0 Å². The van der Waals surface area contributed by atoms with Gasteiger partial charge in [-0.2, -0.15) is 0 Å². The summed E-state index contributed by atoms with van der Waals surface area (Å²) in [5, 5.41) is 0. The van der Waals surface area contributed by atoms with Crippen molar-refractivity contribution in [3.8, 4) is 0 Å². The molecule has 1 saturated heterocycles. The molecular weight excluding hydrogens is 326 g/mol. The van der Waals surface area contributed by atoms with Crippen molar-refractivity contribution in [1.82, 2.24) is 0 Å². The SMILES string of the molecule is CCCS(=O)(=O)c1ccc(N2CCCC(Br)C2)cc1. The molecule has 0 N–H and O–H groups in total. The first-order valence-electron chi connectivity index (χ1n) is 6.75. The molecule has 1 aromatic carbocycles. The van der Waals surface area contributed by atoms with Gasteiger partial charge in [-0.1, -0.05) is 22.9 Å². The van der Waals surface area contributed by atoms with Crippen LogP contribution in [0.4, 0.5) is 5.69 Å². The Kier molecular flexibility index (Phi) is 4.90. The van der Waals surface area contributed by atoms with Crippen LogP contribution in [0.5, 0.6) is 0 Å². The van der Waals surface area contributed by atoms with E-state index in [9.17, 15) is 8.42 Å². The maximum atomic E-state index is 12.0. The number of anilines is 1. The fourth-order valence-electron chi connectivity index (χ4n) is 2.41. The molecular formula is C14H20BrNO2S. The lowest BCUT2D eigenvalue weighted by molar-refractivity contribution is 0.593. The second-order valence-electron chi connectivity index (χ2n) is 5.00. The molecule has 1 aromatic rings. The zero-order valence-electron chi connectivity index (χ0n) is 11.2. The molecule has 3 nitrogen and oxygen atoms in total. The van der Waals surface area contributed by atoms with Gasteiger partial charge in [-0.25, -0.2) is 8.42 Å². The highest BCUT2D eigenvalue weighted by atomic mass is 79.9. The number of hydrogen-bond donors (Lipinski definition) is 0. The summed E-state index contributed by atoms with van der Waals surface area (Å²) in [6.07, 6.45) is 3.03. The molecule has 0 saturated carbocycles. The molecule has 1 aliphatic rings. The smallest absolute Gasteiger partial charge is 0.178 e. The van der Waals surface area contributed by atoms with Gasteiger partial charge in [0.1, 0.15) is 0 Å². The van der Waals surface area contributed by atoms with Crippen LogP contribution in [0.1, 0.15) is 26.2 Å². The van der Waals surface area contributed by atoms with Crippen molar-refractivity contribution in [2.75, 3.05) is 23.7 Å². The largest absolute Gasteiger partial charge is 0.370 e. The van der Waals surface area contributed by atoms with Crippen molar-refractivity contribution < 1.29 is 8.42 Å². The van der Waals surface area contributed by atoms with Crippen LogP contribution in [-0.2, 0) is 9.84 Å². The van der Waals surface area contributed by atoms with E-state index in [1.165, 1.54) is 12.8 Å². The fraction of sp³-hybridized carbons (Fsp3) is 0.571. The van der Waals surface area contributed by atoms with Gasteiger partial charge in [0.15, 0.2) is 9.84 Å². The standard InChI is InChI=1S/C14H20BrNO2S/c1-2-10-19(17,18)14-7-5-13(6-8-14)16-9-3-4-12(15)11-16/h5-8,12H,2-4,9-11H2,1H3. The Hall–Kier alpha value is -0.550. The van der Waals surface area contributed by atoms with Gasteiger partial charge >= 0.3 is 0 Å². The third-order valence-electron chi connectivity index (χ3n) is 3.40. The quantitative estimate of drug-likeness (QED) is 0.786. The summed E-state index contributed by atoms with van der Waals surface area (Å²) in [5.41, 5.74) is 1.11. The maximum absolute atomic E-state index is 12.0. The Balaban J connectivity index is 2.14. The van der Waals surface area contributed by atoms with Gasteiger partial charge in [-0.05, 0) is 43.5 Å². The molecule has 0 aromatic heterocycles. The number of rotatable bonds is 4. The van der Waals surface area contributed by atoms with Gasteiger partial charge in [0.05, 0.1) is 10.6 Å². The Morgan fingerprint density at radius 2 is 2.00 bits per heavy atom. The number of benzene rings is 1. The molecule has 1 heterocycles. The topological polar surface area (TPSA) is 37.4 Å². The molecule has 1 atom stereocenters. The minimum absolute atomic E-state index is 0.222. The summed E-state index contributed by atoms with van der Waals surface area (Å²) in [6, 6.07) is 7.32. The molecule has 0 aliphatic carbocycles. The first-order chi connectivity index (χ1) is 9.03. The second-order valence-corrected chi connectivity index (χ2v) is 8.40. The number of halogens is 1. The summed E-state index contributed by atoms with van der Waals surface area (Å²) in [5.74, 6) is 0.222. The summed E-state index contributed by atoms with van der Waals surface area (Å²) < 4.78 is 23.9. The van der Waals surface area contributed by atoms with E-state index < -0.39 is 9.84 Å². The number of sulfone groups is 1. The van der Waals surface area contributed by atoms with Gasteiger partial charge in [0.25, 0.3) is 0 Å². The first kappa shape index (κ1) is 14.9. The van der Waals surface area contributed by atoms with Crippen LogP contribution in [0, 0.1) is 0 Å². The van der Waals surface area contributed by atoms with Crippen molar-refractivity contribution in [3.63, 3.8) is 0 Å². The summed E-state index contributed by atoms with van der Waals surface area (Å²) in [6.45, 7) is 3.92. The van der Waals surface area contributed by atoms with E-state index in [1.54, 1.807) is 12.1 Å². The lowest BCUT2D eigenvalue weighted by atomic mass is 10.1. The predicted octanol–water partition coefficient (Wildman–Crippen LogP) is 3.23. The number of hydrogen-bond acceptors (Lipinski definition) is 3. The monoisotopic (exact) mass is 345 g/mol. The molecule has 1 aliphatic heterocycles. The van der Waals surface area contributed by atoms with Crippen molar-refractivity contribution in [2.24, 2.45) is 0 Å². The summed E-state index contributed by atoms with van der Waals surface area (Å²) >= 11 is 3.66. The van der Waals surface area contributed by atoms with E-state index in [0.29, 0.717) is 16.1 Å². The lowest BCUT2D eigenvalue weighted by Crippen LogP contribution is -2.35. The van der Waals surface area contributed by atoms with E-state index in [0.717, 1.165) is 18.8 Å². The van der Waals surface area contributed by atoms with Gasteiger partial charge in [0, 0.05) is 23.6 Å². The van der Waals surface area contributed by atoms with Crippen molar-refractivity contribution in [3.05, 3.63) is 24.3 Å². The van der Waals surface area contributed by atoms with Crippen LogP contribution in [-0.4, -0.2) is 32.1 Å². The van der Waals surface area contributed by atoms with E-state index in [-0.39, 0.29) is 5.75 Å². The van der Waals surface area contributed by atoms with Crippen LogP contribution in [0.25, 0.3) is 0 Å². The Morgan fingerprint density at radius 1 is 1.32 bits per heavy atom. The van der Waals surface area contributed by atoms with E-state index in [1.807, 2.05) is 19.1 Å². The number of piperidine rings is 1. The average molecular weight is 346 g/mol. The molecule has 0 amide bonds. The maximum Gasteiger partial charge on any atom is 0.178 e. The zero-order chi connectivity index (χ0) is 13.9. The van der Waals surface area contributed by atoms with Gasteiger partial charge in [-0.3, -0.25) is 0 Å². The molecule has 2 rings (SSSR count). The van der Waals surface area contributed by atoms with Gasteiger partial charge in [-0.15, -0.1) is 0 Å². The second kappa shape index (κ2) is 6.27. The third kappa shape index (κ3) is 3.72. The molecule has 5 heteroatoms. The Bertz CT molecular complexity index is 513. The highest BCUT2D eigenvalue weighted by Crippen LogP contribution is 2.24. The first-order valence-corrected chi connectivity index (χ1v) is 9.31. The van der Waals surface area contributed by atoms with Crippen molar-refractivity contribution in [2.45, 2.75) is 35.9 Å². The van der Waals surface area contributed by atoms with Gasteiger partial charge in [0.2, 0.25) is 0 Å². The molecule has 19 heavy (non-hydrogen) atoms. The van der Waals surface area contributed by atoms with Crippen LogP contribution in [0.15, 0.2) is 29.2 Å². The van der Waals surface area contributed by atoms with Crippen molar-refractivity contribution in [1.29, 1.82) is 0 Å². The fourth-order valence-corrected chi connectivity index (χ4v) is 4.41. The lowest BCUT2D eigenvalue weighted by Gasteiger charge is -2.32. The molecule has 1 fully saturated rings. The molecule has 0 bridgehead atoms. The average Bonchev–Trinajstić information content (AvgIpc) is 2.39. The minimum Gasteiger partial charge on any atom is -0.370 e. The molecule has 0 spiro atoms. The zero-order valence-corrected chi connectivity index (χ0v) is 13.6. The highest BCUT2D eigenvalue weighted by Gasteiger charge is 2.18. The van der Waals surface area contributed by atoms with Crippen LogP contribution >= 0.6 is 15.9 Å². The number of nitrogens with zero attached hydrogens (tertiary/aromatic N) is 1. The van der Waals surface area contributed by atoms with Crippen molar-refractivity contribution >= 4 is 31.5 Å². The predicted molar refractivity (Wildman–Crippen MR) is 82.9 cm³/mol. The summed E-state index contributed by atoms with van der Waals surface area (Å²) in [7, 11) is -3.10. The molecule has 106 valence electrons. The van der Waals surface area contributed by atoms with Crippen LogP contribution in [0.3, 0.4) is 0 Å². The van der Waals surface area contributed by atoms with Crippen LogP contribution in [0.2, 0.25) is 0 Å². The highest BCUT2D eigenvalue weighted by molar-refractivity contribution is 9.09. The third-order valence-corrected chi connectivity index (χ3v) is 6.08. The van der Waals surface area contributed by atoms with Crippen LogP contribution < -0.4 is 4.90 Å². The summed E-state index contributed by atoms with van der Waals surface area (Å²) in [4.78, 5) is 3.27. The molecule has 0 radical (unpaired) electrons. The van der Waals surface area contributed by atoms with E-state index in [2.05, 4.69) is 20.8 Å². The Morgan fingerprint density at radius 3 is 2.58 bits per heavy atom.